The molecule has 0 radical (unpaired) electrons. The van der Waals surface area contributed by atoms with Gasteiger partial charge in [-0.05, 0) is 25.7 Å². The van der Waals surface area contributed by atoms with Gasteiger partial charge in [-0.25, -0.2) is 9.59 Å². The van der Waals surface area contributed by atoms with Crippen molar-refractivity contribution in [2.75, 3.05) is 13.2 Å². The molecule has 0 unspecified atom stereocenters. The van der Waals surface area contributed by atoms with Crippen LogP contribution in [0.4, 0.5) is 0 Å². The second-order valence-corrected chi connectivity index (χ2v) is 6.78. The molecule has 0 saturated heterocycles. The fourth-order valence-corrected chi connectivity index (χ4v) is 2.19. The zero-order chi connectivity index (χ0) is 23.0. The molecule has 0 bridgehead atoms. The molecule has 8 nitrogen and oxygen atoms in total. The number of ether oxygens (including phenoxy) is 2. The van der Waals surface area contributed by atoms with Crippen molar-refractivity contribution in [3.63, 3.8) is 0 Å². The molecule has 0 rings (SSSR count). The van der Waals surface area contributed by atoms with Crippen LogP contribution in [0.5, 0.6) is 0 Å². The number of hydrogen-bond acceptors (Lipinski definition) is 6. The molecule has 0 amide bonds. The Morgan fingerprint density at radius 3 is 1.23 bits per heavy atom. The largest absolute Gasteiger partial charge is 0.478 e. The molecule has 8 heteroatoms. The third kappa shape index (κ3) is 27.8. The Labute approximate surface area is 179 Å². The van der Waals surface area contributed by atoms with Crippen LogP contribution in [0.3, 0.4) is 0 Å². The summed E-state index contributed by atoms with van der Waals surface area (Å²) in [5.74, 6) is -2.65. The van der Waals surface area contributed by atoms with Crippen LogP contribution < -0.4 is 0 Å². The van der Waals surface area contributed by atoms with Crippen molar-refractivity contribution in [3.8, 4) is 0 Å². The Hall–Kier alpha value is -2.38. The van der Waals surface area contributed by atoms with Gasteiger partial charge in [0.25, 0.3) is 0 Å². The summed E-state index contributed by atoms with van der Waals surface area (Å²) in [5.41, 5.74) is 0. The van der Waals surface area contributed by atoms with Gasteiger partial charge in [0.2, 0.25) is 0 Å². The molecule has 0 aromatic rings. The van der Waals surface area contributed by atoms with Gasteiger partial charge >= 0.3 is 23.9 Å². The van der Waals surface area contributed by atoms with E-state index < -0.39 is 11.9 Å². The van der Waals surface area contributed by atoms with E-state index in [1.165, 1.54) is 0 Å². The van der Waals surface area contributed by atoms with Crippen molar-refractivity contribution in [1.82, 2.24) is 0 Å². The smallest absolute Gasteiger partial charge is 0.328 e. The maximum atomic E-state index is 11.4. The highest BCUT2D eigenvalue weighted by Gasteiger charge is 2.03. The van der Waals surface area contributed by atoms with Gasteiger partial charge in [0.15, 0.2) is 0 Å². The first-order valence-corrected chi connectivity index (χ1v) is 10.8. The van der Waals surface area contributed by atoms with E-state index in [2.05, 4.69) is 13.8 Å². The summed E-state index contributed by atoms with van der Waals surface area (Å²) in [7, 11) is 0. The van der Waals surface area contributed by atoms with Crippen LogP contribution in [0.15, 0.2) is 12.2 Å². The summed E-state index contributed by atoms with van der Waals surface area (Å²) in [5, 5.41) is 15.6. The first-order chi connectivity index (χ1) is 14.3. The van der Waals surface area contributed by atoms with Gasteiger partial charge in [-0.3, -0.25) is 9.59 Å². The zero-order valence-corrected chi connectivity index (χ0v) is 18.4. The summed E-state index contributed by atoms with van der Waals surface area (Å²) in [6.07, 6.45) is 12.4. The van der Waals surface area contributed by atoms with Crippen molar-refractivity contribution in [3.05, 3.63) is 12.2 Å². The minimum Gasteiger partial charge on any atom is -0.478 e. The number of carboxylic acids is 2. The van der Waals surface area contributed by atoms with Crippen molar-refractivity contribution >= 4 is 23.9 Å². The van der Waals surface area contributed by atoms with Gasteiger partial charge < -0.3 is 19.7 Å². The Balaban J connectivity index is 0. The van der Waals surface area contributed by atoms with E-state index in [1.54, 1.807) is 0 Å². The average molecular weight is 431 g/mol. The lowest BCUT2D eigenvalue weighted by molar-refractivity contribution is -0.144. The topological polar surface area (TPSA) is 127 Å². The van der Waals surface area contributed by atoms with Crippen molar-refractivity contribution in [2.45, 2.75) is 90.9 Å². The number of rotatable bonds is 17. The SMILES string of the molecule is CCCCOC(=O)CCCCCCCCC(=O)OCCCC.O=C(O)C=CC(=O)O. The summed E-state index contributed by atoms with van der Waals surface area (Å²) in [6.45, 7) is 5.28. The summed E-state index contributed by atoms with van der Waals surface area (Å²) >= 11 is 0. The van der Waals surface area contributed by atoms with Gasteiger partial charge in [0.05, 0.1) is 13.2 Å². The number of hydrogen-bond donors (Lipinski definition) is 2. The summed E-state index contributed by atoms with van der Waals surface area (Å²) in [6, 6.07) is 0. The highest BCUT2D eigenvalue weighted by Crippen LogP contribution is 2.10. The molecule has 2 N–H and O–H groups in total. The predicted molar refractivity (Wildman–Crippen MR) is 113 cm³/mol. The second-order valence-electron chi connectivity index (χ2n) is 6.78. The molecule has 0 spiro atoms. The fourth-order valence-electron chi connectivity index (χ4n) is 2.19. The minimum absolute atomic E-state index is 0.0664. The first-order valence-electron chi connectivity index (χ1n) is 10.8. The van der Waals surface area contributed by atoms with Crippen molar-refractivity contribution in [1.29, 1.82) is 0 Å². The van der Waals surface area contributed by atoms with E-state index in [0.29, 0.717) is 38.2 Å². The predicted octanol–water partition coefficient (Wildman–Crippen LogP) is 4.51. The number of carbonyl (C=O) groups excluding carboxylic acids is 2. The molecule has 0 aromatic heterocycles. The van der Waals surface area contributed by atoms with E-state index in [1.807, 2.05) is 0 Å². The number of carboxylic acid groups (broad SMARTS) is 2. The van der Waals surface area contributed by atoms with E-state index in [9.17, 15) is 19.2 Å². The Morgan fingerprint density at radius 1 is 0.600 bits per heavy atom. The summed E-state index contributed by atoms with van der Waals surface area (Å²) in [4.78, 5) is 41.8. The molecule has 0 saturated carbocycles. The van der Waals surface area contributed by atoms with Gasteiger partial charge in [-0.2, -0.15) is 0 Å². The van der Waals surface area contributed by atoms with Crippen LogP contribution in [0.25, 0.3) is 0 Å². The molecular formula is C22H38O8. The molecule has 0 atom stereocenters. The number of unbranched alkanes of at least 4 members (excludes halogenated alkanes) is 7. The van der Waals surface area contributed by atoms with Crippen LogP contribution in [-0.2, 0) is 28.7 Å². The molecule has 30 heavy (non-hydrogen) atoms. The molecule has 0 aliphatic heterocycles. The van der Waals surface area contributed by atoms with Gasteiger partial charge in [0.1, 0.15) is 0 Å². The maximum Gasteiger partial charge on any atom is 0.328 e. The Morgan fingerprint density at radius 2 is 0.933 bits per heavy atom. The quantitative estimate of drug-likeness (QED) is 0.196. The summed E-state index contributed by atoms with van der Waals surface area (Å²) < 4.78 is 10.2. The van der Waals surface area contributed by atoms with Crippen LogP contribution >= 0.6 is 0 Å². The molecule has 0 aromatic carbocycles. The van der Waals surface area contributed by atoms with Crippen LogP contribution in [-0.4, -0.2) is 47.3 Å². The monoisotopic (exact) mass is 430 g/mol. The number of carbonyl (C=O) groups is 4. The van der Waals surface area contributed by atoms with Crippen molar-refractivity contribution < 1.29 is 38.9 Å². The Bertz CT molecular complexity index is 455. The van der Waals surface area contributed by atoms with Crippen LogP contribution in [0.2, 0.25) is 0 Å². The lowest BCUT2D eigenvalue weighted by atomic mass is 10.1. The zero-order valence-electron chi connectivity index (χ0n) is 18.4. The molecule has 0 fully saturated rings. The molecule has 174 valence electrons. The molecule has 0 aliphatic carbocycles. The highest BCUT2D eigenvalue weighted by atomic mass is 16.5. The van der Waals surface area contributed by atoms with Crippen LogP contribution in [0, 0.1) is 0 Å². The standard InChI is InChI=1S/C18H34O4.C4H4O4/c1-3-5-15-21-17(19)13-11-9-7-8-10-12-14-18(20)22-16-6-4-2;5-3(6)1-2-4(7)8/h3-16H2,1-2H3;1-2H,(H,5,6)(H,7,8). The third-order valence-corrected chi connectivity index (χ3v) is 3.90. The second kappa shape index (κ2) is 22.9. The first kappa shape index (κ1) is 29.8. The number of aliphatic carboxylic acids is 2. The van der Waals surface area contributed by atoms with Gasteiger partial charge in [-0.15, -0.1) is 0 Å². The van der Waals surface area contributed by atoms with Crippen LogP contribution in [0.1, 0.15) is 90.9 Å². The highest BCUT2D eigenvalue weighted by molar-refractivity contribution is 5.89. The van der Waals surface area contributed by atoms with E-state index in [-0.39, 0.29) is 11.9 Å². The molecule has 0 aliphatic rings. The van der Waals surface area contributed by atoms with Gasteiger partial charge in [-0.1, -0.05) is 52.4 Å². The fraction of sp³-hybridized carbons (Fsp3) is 0.727. The maximum absolute atomic E-state index is 11.4. The molecule has 0 heterocycles. The molecular weight excluding hydrogens is 392 g/mol. The van der Waals surface area contributed by atoms with E-state index >= 15 is 0 Å². The Kier molecular flexibility index (Phi) is 22.8. The normalized spacial score (nSPS) is 10.2. The lowest BCUT2D eigenvalue weighted by Gasteiger charge is -2.05. The minimum atomic E-state index is -1.26. The third-order valence-electron chi connectivity index (χ3n) is 3.90. The lowest BCUT2D eigenvalue weighted by Crippen LogP contribution is -2.05. The van der Waals surface area contributed by atoms with Gasteiger partial charge in [0, 0.05) is 25.0 Å². The van der Waals surface area contributed by atoms with E-state index in [4.69, 9.17) is 19.7 Å². The van der Waals surface area contributed by atoms with Crippen molar-refractivity contribution in [2.24, 2.45) is 0 Å². The number of esters is 2. The average Bonchev–Trinajstić information content (AvgIpc) is 2.69. The van der Waals surface area contributed by atoms with E-state index in [0.717, 1.165) is 64.2 Å².